The van der Waals surface area contributed by atoms with Crippen molar-refractivity contribution in [2.45, 2.75) is 26.9 Å². The van der Waals surface area contributed by atoms with Gasteiger partial charge in [-0.2, -0.15) is 0 Å². The van der Waals surface area contributed by atoms with Gasteiger partial charge in [0.25, 0.3) is 0 Å². The lowest BCUT2D eigenvalue weighted by Gasteiger charge is -2.02. The number of amides is 1. The first-order chi connectivity index (χ1) is 13.2. The number of carbonyl (C=O) groups is 1. The molecule has 4 rings (SSSR count). The average Bonchev–Trinajstić information content (AvgIpc) is 3.25. The van der Waals surface area contributed by atoms with Crippen LogP contribution in [0.1, 0.15) is 23.9 Å². The molecular formula is C22H21N3O2. The minimum atomic E-state index is -0.167. The summed E-state index contributed by atoms with van der Waals surface area (Å²) in [7, 11) is 0. The molecule has 0 aliphatic heterocycles. The minimum absolute atomic E-state index is 0.167. The molecule has 0 spiro atoms. The van der Waals surface area contributed by atoms with E-state index >= 15 is 0 Å². The lowest BCUT2D eigenvalue weighted by molar-refractivity contribution is -0.116. The molecule has 0 aliphatic rings. The molecule has 0 bridgehead atoms. The van der Waals surface area contributed by atoms with Gasteiger partial charge in [-0.25, -0.2) is 0 Å². The van der Waals surface area contributed by atoms with Crippen LogP contribution in [0.15, 0.2) is 59.1 Å². The van der Waals surface area contributed by atoms with Crippen molar-refractivity contribution in [3.05, 3.63) is 71.6 Å². The molecule has 0 atom stereocenters. The fraction of sp³-hybridized carbons (Fsp3) is 0.182. The fourth-order valence-corrected chi connectivity index (χ4v) is 3.42. The first-order valence-corrected chi connectivity index (χ1v) is 9.05. The largest absolute Gasteiger partial charge is 0.359 e. The number of rotatable bonds is 5. The van der Waals surface area contributed by atoms with Crippen LogP contribution in [0, 0.1) is 6.92 Å². The molecule has 1 amide bonds. The van der Waals surface area contributed by atoms with E-state index in [0.29, 0.717) is 12.3 Å². The van der Waals surface area contributed by atoms with E-state index in [0.717, 1.165) is 17.8 Å². The van der Waals surface area contributed by atoms with E-state index in [1.165, 1.54) is 21.8 Å². The molecule has 0 saturated carbocycles. The lowest BCUT2D eigenvalue weighted by Crippen LogP contribution is -2.19. The minimum Gasteiger partial charge on any atom is -0.359 e. The summed E-state index contributed by atoms with van der Waals surface area (Å²) in [6, 6.07) is 16.5. The number of hydrogen-bond donors (Lipinski definition) is 1. The lowest BCUT2D eigenvalue weighted by atomic mass is 10.1. The van der Waals surface area contributed by atoms with Crippen molar-refractivity contribution >= 4 is 33.8 Å². The molecule has 2 heterocycles. The molecule has 5 heteroatoms. The van der Waals surface area contributed by atoms with Gasteiger partial charge in [0.2, 0.25) is 5.91 Å². The molecular weight excluding hydrogens is 338 g/mol. The summed E-state index contributed by atoms with van der Waals surface area (Å²) < 4.78 is 7.40. The summed E-state index contributed by atoms with van der Waals surface area (Å²) in [4.78, 5) is 12.1. The summed E-state index contributed by atoms with van der Waals surface area (Å²) >= 11 is 0. The van der Waals surface area contributed by atoms with Crippen molar-refractivity contribution in [3.63, 3.8) is 0 Å². The number of aryl methyl sites for hydroxylation is 2. The van der Waals surface area contributed by atoms with Crippen molar-refractivity contribution in [2.75, 3.05) is 0 Å². The Labute approximate surface area is 157 Å². The topological polar surface area (TPSA) is 60.1 Å². The van der Waals surface area contributed by atoms with E-state index in [4.69, 9.17) is 4.52 Å². The summed E-state index contributed by atoms with van der Waals surface area (Å²) in [5, 5.41) is 9.04. The Morgan fingerprint density at radius 3 is 2.74 bits per heavy atom. The first-order valence-electron chi connectivity index (χ1n) is 9.05. The van der Waals surface area contributed by atoms with Crippen LogP contribution in [0.3, 0.4) is 0 Å². The molecule has 2 aromatic heterocycles. The molecule has 27 heavy (non-hydrogen) atoms. The number of benzene rings is 2. The van der Waals surface area contributed by atoms with Gasteiger partial charge in [0, 0.05) is 40.5 Å². The van der Waals surface area contributed by atoms with Crippen molar-refractivity contribution in [2.24, 2.45) is 0 Å². The van der Waals surface area contributed by atoms with E-state index in [2.05, 4.69) is 58.4 Å². The third-order valence-electron chi connectivity index (χ3n) is 4.65. The Morgan fingerprint density at radius 1 is 1.15 bits per heavy atom. The highest BCUT2D eigenvalue weighted by atomic mass is 16.5. The van der Waals surface area contributed by atoms with Crippen LogP contribution in [0.2, 0.25) is 0 Å². The molecule has 0 fully saturated rings. The molecule has 0 unspecified atom stereocenters. The summed E-state index contributed by atoms with van der Waals surface area (Å²) in [5.41, 5.74) is 4.23. The van der Waals surface area contributed by atoms with Crippen LogP contribution >= 0.6 is 0 Å². The van der Waals surface area contributed by atoms with Crippen LogP contribution in [0.4, 0.5) is 0 Å². The maximum atomic E-state index is 12.1. The highest BCUT2D eigenvalue weighted by molar-refractivity contribution is 6.08. The fourth-order valence-electron chi connectivity index (χ4n) is 3.42. The SMILES string of the molecule is CCn1c2ccccc2c2cc(/C=C/C(=O)NCc3cc(C)no3)ccc21. The summed E-state index contributed by atoms with van der Waals surface area (Å²) in [5.74, 6) is 0.475. The van der Waals surface area contributed by atoms with Gasteiger partial charge in [-0.1, -0.05) is 29.4 Å². The second kappa shape index (κ2) is 7.11. The molecule has 0 radical (unpaired) electrons. The monoisotopic (exact) mass is 359 g/mol. The maximum absolute atomic E-state index is 12.1. The third-order valence-corrected chi connectivity index (χ3v) is 4.65. The maximum Gasteiger partial charge on any atom is 0.244 e. The van der Waals surface area contributed by atoms with E-state index in [-0.39, 0.29) is 5.91 Å². The smallest absolute Gasteiger partial charge is 0.244 e. The second-order valence-corrected chi connectivity index (χ2v) is 6.52. The van der Waals surface area contributed by atoms with Gasteiger partial charge in [0.05, 0.1) is 12.2 Å². The van der Waals surface area contributed by atoms with Gasteiger partial charge >= 0.3 is 0 Å². The Balaban J connectivity index is 1.56. The van der Waals surface area contributed by atoms with E-state index in [1.807, 2.05) is 19.1 Å². The van der Waals surface area contributed by atoms with Gasteiger partial charge in [-0.15, -0.1) is 0 Å². The predicted octanol–water partition coefficient (Wildman–Crippen LogP) is 4.44. The standard InChI is InChI=1S/C22H21N3O2/c1-3-25-20-7-5-4-6-18(20)19-13-16(8-10-21(19)25)9-11-22(26)23-14-17-12-15(2)24-27-17/h4-13H,3,14H2,1-2H3,(H,23,26)/b11-9+. The molecule has 136 valence electrons. The van der Waals surface area contributed by atoms with Crippen LogP contribution in [-0.4, -0.2) is 15.6 Å². The van der Waals surface area contributed by atoms with Crippen molar-refractivity contribution < 1.29 is 9.32 Å². The Kier molecular flexibility index (Phi) is 4.50. The van der Waals surface area contributed by atoms with Crippen LogP contribution in [0.5, 0.6) is 0 Å². The normalized spacial score (nSPS) is 11.6. The Bertz CT molecular complexity index is 1150. The van der Waals surface area contributed by atoms with Crippen LogP contribution < -0.4 is 5.32 Å². The first kappa shape index (κ1) is 17.1. The Morgan fingerprint density at radius 2 is 1.96 bits per heavy atom. The van der Waals surface area contributed by atoms with Gasteiger partial charge < -0.3 is 14.4 Å². The number of nitrogens with zero attached hydrogens (tertiary/aromatic N) is 2. The molecule has 4 aromatic rings. The summed E-state index contributed by atoms with van der Waals surface area (Å²) in [6.45, 7) is 5.25. The zero-order valence-electron chi connectivity index (χ0n) is 15.4. The second-order valence-electron chi connectivity index (χ2n) is 6.52. The molecule has 0 aliphatic carbocycles. The number of hydrogen-bond acceptors (Lipinski definition) is 3. The van der Waals surface area contributed by atoms with Gasteiger partial charge in [0.15, 0.2) is 5.76 Å². The highest BCUT2D eigenvalue weighted by Gasteiger charge is 2.09. The molecule has 5 nitrogen and oxygen atoms in total. The molecule has 1 N–H and O–H groups in total. The third kappa shape index (κ3) is 3.36. The number of aromatic nitrogens is 2. The number of carbonyl (C=O) groups excluding carboxylic acids is 1. The van der Waals surface area contributed by atoms with Crippen LogP contribution in [0.25, 0.3) is 27.9 Å². The zero-order chi connectivity index (χ0) is 18.8. The number of fused-ring (bicyclic) bond motifs is 3. The quantitative estimate of drug-likeness (QED) is 0.536. The van der Waals surface area contributed by atoms with E-state index in [9.17, 15) is 4.79 Å². The van der Waals surface area contributed by atoms with E-state index < -0.39 is 0 Å². The van der Waals surface area contributed by atoms with Gasteiger partial charge in [0.1, 0.15) is 0 Å². The number of nitrogens with one attached hydrogen (secondary N) is 1. The van der Waals surface area contributed by atoms with Crippen LogP contribution in [-0.2, 0) is 17.9 Å². The Hall–Kier alpha value is -3.34. The van der Waals surface area contributed by atoms with Gasteiger partial charge in [-0.3, -0.25) is 4.79 Å². The van der Waals surface area contributed by atoms with E-state index in [1.54, 1.807) is 12.1 Å². The van der Waals surface area contributed by atoms with Crippen molar-refractivity contribution in [3.8, 4) is 0 Å². The zero-order valence-corrected chi connectivity index (χ0v) is 15.4. The van der Waals surface area contributed by atoms with Crippen molar-refractivity contribution in [1.29, 1.82) is 0 Å². The summed E-state index contributed by atoms with van der Waals surface area (Å²) in [6.07, 6.45) is 3.38. The average molecular weight is 359 g/mol. The van der Waals surface area contributed by atoms with Crippen molar-refractivity contribution in [1.82, 2.24) is 15.0 Å². The highest BCUT2D eigenvalue weighted by Crippen LogP contribution is 2.29. The van der Waals surface area contributed by atoms with Gasteiger partial charge in [-0.05, 0) is 43.7 Å². The molecule has 0 saturated heterocycles. The molecule has 2 aromatic carbocycles. The predicted molar refractivity (Wildman–Crippen MR) is 107 cm³/mol. The number of para-hydroxylation sites is 1.